The zero-order valence-corrected chi connectivity index (χ0v) is 14.9. The standard InChI is InChI=1S/C18H13FN4O2.C2H6/c19-11-4-5-14-16(9-21-17(14)6-11)15(8-20)18(25)23-13-3-1-2-12(7-13)22-10-24;1-2/h1-7,9-10,15,21H,(H,22,24)(H,23,25);1-2H3. The van der Waals surface area contributed by atoms with Crippen LogP contribution in [0.2, 0.25) is 0 Å². The normalized spacial score (nSPS) is 10.9. The van der Waals surface area contributed by atoms with Gasteiger partial charge in [-0.05, 0) is 36.4 Å². The summed E-state index contributed by atoms with van der Waals surface area (Å²) in [6.07, 6.45) is 2.06. The molecule has 0 bridgehead atoms. The molecule has 0 aliphatic heterocycles. The Morgan fingerprint density at radius 2 is 1.96 bits per heavy atom. The third-order valence-electron chi connectivity index (χ3n) is 3.73. The van der Waals surface area contributed by atoms with Gasteiger partial charge in [0, 0.05) is 34.0 Å². The molecule has 0 saturated heterocycles. The third kappa shape index (κ3) is 4.50. The summed E-state index contributed by atoms with van der Waals surface area (Å²) < 4.78 is 13.3. The number of hydrogen-bond acceptors (Lipinski definition) is 3. The van der Waals surface area contributed by atoms with Crippen molar-refractivity contribution in [1.29, 1.82) is 5.26 Å². The maximum Gasteiger partial charge on any atom is 0.246 e. The maximum atomic E-state index is 13.3. The molecule has 1 atom stereocenters. The predicted molar refractivity (Wildman–Crippen MR) is 103 cm³/mol. The summed E-state index contributed by atoms with van der Waals surface area (Å²) >= 11 is 0. The molecule has 0 fully saturated rings. The van der Waals surface area contributed by atoms with Crippen LogP contribution in [-0.2, 0) is 9.59 Å². The van der Waals surface area contributed by atoms with Crippen LogP contribution in [0.15, 0.2) is 48.7 Å². The van der Waals surface area contributed by atoms with Crippen molar-refractivity contribution in [2.24, 2.45) is 0 Å². The molecule has 1 unspecified atom stereocenters. The molecule has 1 aromatic heterocycles. The molecule has 0 aliphatic rings. The molecule has 27 heavy (non-hydrogen) atoms. The van der Waals surface area contributed by atoms with Gasteiger partial charge in [0.25, 0.3) is 0 Å². The zero-order valence-electron chi connectivity index (χ0n) is 14.9. The van der Waals surface area contributed by atoms with Gasteiger partial charge in [-0.25, -0.2) is 4.39 Å². The summed E-state index contributed by atoms with van der Waals surface area (Å²) in [4.78, 5) is 25.9. The van der Waals surface area contributed by atoms with Crippen molar-refractivity contribution in [3.63, 3.8) is 0 Å². The number of benzene rings is 2. The Labute approximate surface area is 156 Å². The molecule has 2 aromatic carbocycles. The summed E-state index contributed by atoms with van der Waals surface area (Å²) in [5.41, 5.74) is 1.95. The van der Waals surface area contributed by atoms with Crippen molar-refractivity contribution in [1.82, 2.24) is 4.98 Å². The minimum atomic E-state index is -1.07. The van der Waals surface area contributed by atoms with Gasteiger partial charge in [0.1, 0.15) is 5.82 Å². The van der Waals surface area contributed by atoms with Crippen molar-refractivity contribution >= 4 is 34.6 Å². The predicted octanol–water partition coefficient (Wildman–Crippen LogP) is 4.15. The van der Waals surface area contributed by atoms with Crippen molar-refractivity contribution < 1.29 is 14.0 Å². The van der Waals surface area contributed by atoms with Crippen molar-refractivity contribution in [2.75, 3.05) is 10.6 Å². The van der Waals surface area contributed by atoms with Crippen LogP contribution in [0.3, 0.4) is 0 Å². The van der Waals surface area contributed by atoms with Crippen LogP contribution >= 0.6 is 0 Å². The first kappa shape index (κ1) is 19.7. The van der Waals surface area contributed by atoms with Gasteiger partial charge in [0.15, 0.2) is 5.92 Å². The van der Waals surface area contributed by atoms with E-state index in [1.165, 1.54) is 24.4 Å². The summed E-state index contributed by atoms with van der Waals surface area (Å²) in [6, 6.07) is 12.6. The number of nitrogens with one attached hydrogen (secondary N) is 3. The van der Waals surface area contributed by atoms with Gasteiger partial charge in [-0.15, -0.1) is 0 Å². The molecule has 2 amide bonds. The van der Waals surface area contributed by atoms with Crippen molar-refractivity contribution in [2.45, 2.75) is 19.8 Å². The lowest BCUT2D eigenvalue weighted by molar-refractivity contribution is -0.116. The number of aromatic nitrogens is 1. The van der Waals surface area contributed by atoms with E-state index in [1.807, 2.05) is 19.9 Å². The van der Waals surface area contributed by atoms with Gasteiger partial charge >= 0.3 is 0 Å². The smallest absolute Gasteiger partial charge is 0.246 e. The molecule has 6 nitrogen and oxygen atoms in total. The molecule has 0 radical (unpaired) electrons. The van der Waals surface area contributed by atoms with Crippen LogP contribution in [0.1, 0.15) is 25.3 Å². The number of nitriles is 1. The number of H-pyrrole nitrogens is 1. The fraction of sp³-hybridized carbons (Fsp3) is 0.150. The molecule has 0 saturated carbocycles. The van der Waals surface area contributed by atoms with E-state index in [9.17, 15) is 19.2 Å². The molecule has 0 aliphatic carbocycles. The van der Waals surface area contributed by atoms with Crippen LogP contribution in [0.5, 0.6) is 0 Å². The number of nitrogens with zero attached hydrogens (tertiary/aromatic N) is 1. The van der Waals surface area contributed by atoms with E-state index < -0.39 is 17.6 Å². The number of aromatic amines is 1. The molecule has 3 N–H and O–H groups in total. The fourth-order valence-electron chi connectivity index (χ4n) is 2.60. The number of fused-ring (bicyclic) bond motifs is 1. The molecule has 7 heteroatoms. The summed E-state index contributed by atoms with van der Waals surface area (Å²) in [6.45, 7) is 4.00. The van der Waals surface area contributed by atoms with E-state index in [4.69, 9.17) is 0 Å². The highest BCUT2D eigenvalue weighted by Gasteiger charge is 2.23. The number of hydrogen-bond donors (Lipinski definition) is 3. The number of anilines is 2. The quantitative estimate of drug-likeness (QED) is 0.592. The SMILES string of the molecule is CC.N#CC(C(=O)Nc1cccc(NC=O)c1)c1c[nH]c2cc(F)ccc12. The second-order valence-electron chi connectivity index (χ2n) is 5.33. The Bertz CT molecular complexity index is 991. The molecule has 138 valence electrons. The maximum absolute atomic E-state index is 13.3. The highest BCUT2D eigenvalue weighted by Crippen LogP contribution is 2.27. The van der Waals surface area contributed by atoms with Gasteiger partial charge in [0.2, 0.25) is 12.3 Å². The van der Waals surface area contributed by atoms with Crippen molar-refractivity contribution in [3.8, 4) is 6.07 Å². The zero-order chi connectivity index (χ0) is 19.8. The molecule has 0 spiro atoms. The van der Waals surface area contributed by atoms with Crippen LogP contribution in [-0.4, -0.2) is 17.3 Å². The summed E-state index contributed by atoms with van der Waals surface area (Å²) in [5.74, 6) is -1.99. The molecule has 3 aromatic rings. The minimum absolute atomic E-state index is 0.404. The highest BCUT2D eigenvalue weighted by molar-refractivity contribution is 6.01. The Morgan fingerprint density at radius 3 is 2.67 bits per heavy atom. The van der Waals surface area contributed by atoms with Gasteiger partial charge in [-0.3, -0.25) is 9.59 Å². The second kappa shape index (κ2) is 9.15. The van der Waals surface area contributed by atoms with Crippen LogP contribution in [0.25, 0.3) is 10.9 Å². The van der Waals surface area contributed by atoms with E-state index in [0.29, 0.717) is 34.3 Å². The van der Waals surface area contributed by atoms with E-state index >= 15 is 0 Å². The van der Waals surface area contributed by atoms with Gasteiger partial charge in [-0.2, -0.15) is 5.26 Å². The van der Waals surface area contributed by atoms with Crippen LogP contribution < -0.4 is 10.6 Å². The largest absolute Gasteiger partial charge is 0.361 e. The first-order chi connectivity index (χ1) is 13.1. The second-order valence-corrected chi connectivity index (χ2v) is 5.33. The Hall–Kier alpha value is -3.66. The Morgan fingerprint density at radius 1 is 1.22 bits per heavy atom. The lowest BCUT2D eigenvalue weighted by Gasteiger charge is -2.11. The molecular formula is C20H19FN4O2. The van der Waals surface area contributed by atoms with Gasteiger partial charge in [-0.1, -0.05) is 19.9 Å². The van der Waals surface area contributed by atoms with Crippen LogP contribution in [0.4, 0.5) is 15.8 Å². The number of rotatable bonds is 5. The van der Waals surface area contributed by atoms with E-state index in [-0.39, 0.29) is 0 Å². The average Bonchev–Trinajstić information content (AvgIpc) is 3.07. The number of carbonyl (C=O) groups is 2. The topological polar surface area (TPSA) is 97.8 Å². The molecular weight excluding hydrogens is 347 g/mol. The number of amides is 2. The monoisotopic (exact) mass is 366 g/mol. The van der Waals surface area contributed by atoms with E-state index in [1.54, 1.807) is 24.3 Å². The fourth-order valence-corrected chi connectivity index (χ4v) is 2.60. The molecule has 3 rings (SSSR count). The van der Waals surface area contributed by atoms with Crippen molar-refractivity contribution in [3.05, 3.63) is 60.0 Å². The minimum Gasteiger partial charge on any atom is -0.361 e. The number of carbonyl (C=O) groups excluding carboxylic acids is 2. The lowest BCUT2D eigenvalue weighted by atomic mass is 9.99. The number of halogens is 1. The van der Waals surface area contributed by atoms with Gasteiger partial charge < -0.3 is 15.6 Å². The third-order valence-corrected chi connectivity index (χ3v) is 3.73. The van der Waals surface area contributed by atoms with E-state index in [0.717, 1.165) is 0 Å². The van der Waals surface area contributed by atoms with Gasteiger partial charge in [0.05, 0.1) is 6.07 Å². The van der Waals surface area contributed by atoms with E-state index in [2.05, 4.69) is 15.6 Å². The summed E-state index contributed by atoms with van der Waals surface area (Å²) in [7, 11) is 0. The Balaban J connectivity index is 0.00000126. The first-order valence-electron chi connectivity index (χ1n) is 8.39. The highest BCUT2D eigenvalue weighted by atomic mass is 19.1. The van der Waals surface area contributed by atoms with Crippen LogP contribution in [0, 0.1) is 17.1 Å². The molecule has 1 heterocycles. The Kier molecular flexibility index (Phi) is 6.67. The summed E-state index contributed by atoms with van der Waals surface area (Å²) in [5, 5.41) is 15.2. The lowest BCUT2D eigenvalue weighted by Crippen LogP contribution is -2.19. The first-order valence-corrected chi connectivity index (χ1v) is 8.39. The average molecular weight is 366 g/mol.